The Morgan fingerprint density at radius 1 is 1.67 bits per heavy atom. The molecule has 0 aliphatic heterocycles. The summed E-state index contributed by atoms with van der Waals surface area (Å²) in [5.74, 6) is 0. The van der Waals surface area contributed by atoms with Gasteiger partial charge in [-0.05, 0) is 0 Å². The average Bonchev–Trinajstić information content (AvgIpc) is 0.811. The number of rotatable bonds is 0. The van der Waals surface area contributed by atoms with Crippen LogP contribution in [0.15, 0.2) is 0 Å². The second-order valence-electron chi connectivity index (χ2n) is 0.319. The van der Waals surface area contributed by atoms with E-state index in [0.29, 0.717) is 0 Å². The van der Waals surface area contributed by atoms with E-state index < -0.39 is 0 Å². The van der Waals surface area contributed by atoms with Crippen molar-refractivity contribution in [1.82, 2.24) is 0 Å². The molecule has 4 heteroatoms. The van der Waals surface area contributed by atoms with E-state index in [-0.39, 0.29) is 31.2 Å². The molecule has 0 unspecified atom stereocenters. The summed E-state index contributed by atoms with van der Waals surface area (Å²) in [5, 5.41) is 0. The third-order valence-corrected chi connectivity index (χ3v) is 0. The first-order valence-electron chi connectivity index (χ1n) is 0.697. The van der Waals surface area contributed by atoms with Gasteiger partial charge in [0.2, 0.25) is 0 Å². The molecule has 0 rings (SSSR count). The van der Waals surface area contributed by atoms with E-state index in [0.717, 1.165) is 0 Å². The zero-order valence-electron chi connectivity index (χ0n) is 3.60. The van der Waals surface area contributed by atoms with Crippen molar-refractivity contribution in [2.45, 2.75) is 0 Å². The van der Waals surface area contributed by atoms with E-state index in [1.807, 2.05) is 0 Å². The van der Waals surface area contributed by atoms with Gasteiger partial charge in [-0.2, -0.15) is 0 Å². The number of hydrogen-bond acceptors (Lipinski definition) is 2. The molecule has 0 aromatic heterocycles. The van der Waals surface area contributed by atoms with E-state index in [2.05, 4.69) is 30.6 Å². The van der Waals surface area contributed by atoms with Gasteiger partial charge in [-0.25, -0.2) is 0 Å². The van der Waals surface area contributed by atoms with Crippen LogP contribution in [0, 0.1) is 7.43 Å². The molecule has 6 heavy (non-hydrogen) atoms. The summed E-state index contributed by atoms with van der Waals surface area (Å²) in [7, 11) is 0. The smallest absolute Gasteiger partial charge is 0.415 e. The minimum absolute atomic E-state index is 0. The van der Waals surface area contributed by atoms with Gasteiger partial charge in [0.05, 0.1) is 0 Å². The maximum Gasteiger partial charge on any atom is 2.00 e. The molecule has 0 aliphatic carbocycles. The van der Waals surface area contributed by atoms with Gasteiger partial charge in [0.1, 0.15) is 0 Å². The summed E-state index contributed by atoms with van der Waals surface area (Å²) >= 11 is 8.26. The van der Waals surface area contributed by atoms with Gasteiger partial charge in [-0.15, -0.1) is 0 Å². The molecule has 0 aromatic carbocycles. The van der Waals surface area contributed by atoms with Crippen LogP contribution in [0.3, 0.4) is 0 Å². The van der Waals surface area contributed by atoms with Crippen molar-refractivity contribution < 1.29 is 19.5 Å². The molecule has 0 heterocycles. The van der Waals surface area contributed by atoms with Gasteiger partial charge < -0.3 is 38.0 Å². The Labute approximate surface area is 61.8 Å². The van der Waals surface area contributed by atoms with Crippen molar-refractivity contribution in [3.05, 3.63) is 7.43 Å². The molecule has 0 spiro atoms. The van der Waals surface area contributed by atoms with Crippen LogP contribution in [-0.4, -0.2) is 4.32 Å². The Morgan fingerprint density at radius 2 is 1.67 bits per heavy atom. The molecule has 0 aromatic rings. The fourth-order valence-electron chi connectivity index (χ4n) is 0. The third-order valence-electron chi connectivity index (χ3n) is 0. The summed E-state index contributed by atoms with van der Waals surface area (Å²) in [4.78, 5) is 0. The van der Waals surface area contributed by atoms with E-state index in [1.165, 1.54) is 0 Å². The van der Waals surface area contributed by atoms with E-state index in [1.54, 1.807) is 0 Å². The first-order chi connectivity index (χ1) is 1.73. The van der Waals surface area contributed by atoms with Gasteiger partial charge >= 0.3 is 19.5 Å². The molecular formula is C2H5NS2Zn. The number of hydrogen-bond donors (Lipinski definition) is 1. The van der Waals surface area contributed by atoms with Crippen molar-refractivity contribution >= 4 is 29.2 Å². The minimum atomic E-state index is 0. The van der Waals surface area contributed by atoms with E-state index in [9.17, 15) is 0 Å². The zero-order valence-corrected chi connectivity index (χ0v) is 8.20. The van der Waals surface area contributed by atoms with Crippen LogP contribution >= 0.6 is 12.2 Å². The van der Waals surface area contributed by atoms with Crippen molar-refractivity contribution in [3.63, 3.8) is 0 Å². The molecule has 0 fully saturated rings. The van der Waals surface area contributed by atoms with Gasteiger partial charge in [0.25, 0.3) is 0 Å². The molecule has 1 nitrogen and oxygen atoms in total. The first-order valence-corrected chi connectivity index (χ1v) is 1.51. The molecule has 0 aliphatic rings. The summed E-state index contributed by atoms with van der Waals surface area (Å²) in [6.07, 6.45) is 0. The van der Waals surface area contributed by atoms with Crippen molar-refractivity contribution in [3.8, 4) is 0 Å². The standard InChI is InChI=1S/CH3NS2.CH3.Zn/c2-1(3)4;;/h(H3,2,3,4);1H3;/q;-1;+2/p-1. The van der Waals surface area contributed by atoms with Crippen LogP contribution in [0.4, 0.5) is 0 Å². The molecule has 0 saturated carbocycles. The topological polar surface area (TPSA) is 26.0 Å². The fraction of sp³-hybridized carbons (Fsp3) is 0. The Morgan fingerprint density at radius 3 is 1.67 bits per heavy atom. The van der Waals surface area contributed by atoms with Gasteiger partial charge in [0, 0.05) is 0 Å². The average molecular weight is 173 g/mol. The summed E-state index contributed by atoms with van der Waals surface area (Å²) < 4.78 is 0.0833. The van der Waals surface area contributed by atoms with Gasteiger partial charge in [0.15, 0.2) is 0 Å². The Bertz CT molecular complexity index is 34.5. The van der Waals surface area contributed by atoms with Crippen LogP contribution in [-0.2, 0) is 32.1 Å². The predicted molar refractivity (Wildman–Crippen MR) is 30.6 cm³/mol. The van der Waals surface area contributed by atoms with Crippen LogP contribution in [0.2, 0.25) is 0 Å². The van der Waals surface area contributed by atoms with Crippen LogP contribution in [0.5, 0.6) is 0 Å². The molecule has 2 N–H and O–H groups in total. The van der Waals surface area contributed by atoms with Crippen molar-refractivity contribution in [1.29, 1.82) is 0 Å². The summed E-state index contributed by atoms with van der Waals surface area (Å²) in [6, 6.07) is 0. The monoisotopic (exact) mass is 171 g/mol. The SMILES string of the molecule is NC(=S)[S-].[CH3-].[Zn+2]. The van der Waals surface area contributed by atoms with E-state index in [4.69, 9.17) is 0 Å². The maximum atomic E-state index is 4.66. The Balaban J connectivity index is -0.0000000450. The Hall–Kier alpha value is 0.733. The largest absolute Gasteiger partial charge is 2.00 e. The fourth-order valence-corrected chi connectivity index (χ4v) is 0. The van der Waals surface area contributed by atoms with Crippen LogP contribution in [0.1, 0.15) is 0 Å². The molecular weight excluding hydrogens is 168 g/mol. The van der Waals surface area contributed by atoms with Crippen molar-refractivity contribution in [2.75, 3.05) is 0 Å². The third kappa shape index (κ3) is 123. The Kier molecular flexibility index (Phi) is 24.4. The molecule has 32 valence electrons. The minimum Gasteiger partial charge on any atom is -0.415 e. The first kappa shape index (κ1) is 15.9. The van der Waals surface area contributed by atoms with Gasteiger partial charge in [-0.1, -0.05) is 4.32 Å². The predicted octanol–water partition coefficient (Wildman–Crippen LogP) is 0.225. The van der Waals surface area contributed by atoms with Crippen LogP contribution in [0.25, 0.3) is 0 Å². The number of nitrogens with two attached hydrogens (primary N) is 1. The van der Waals surface area contributed by atoms with Gasteiger partial charge in [-0.3, -0.25) is 0 Å². The number of thiocarbonyl (C=S) groups is 1. The normalized spacial score (nSPS) is 4.00. The molecule has 0 bridgehead atoms. The van der Waals surface area contributed by atoms with Crippen LogP contribution < -0.4 is 5.73 Å². The quantitative estimate of drug-likeness (QED) is 0.245. The van der Waals surface area contributed by atoms with Crippen molar-refractivity contribution in [2.24, 2.45) is 5.73 Å². The zero-order chi connectivity index (χ0) is 3.58. The maximum absolute atomic E-state index is 4.66. The summed E-state index contributed by atoms with van der Waals surface area (Å²) in [6.45, 7) is 0. The molecule has 0 saturated heterocycles. The molecule has 0 radical (unpaired) electrons. The van der Waals surface area contributed by atoms with E-state index >= 15 is 0 Å². The second kappa shape index (κ2) is 9.22. The second-order valence-corrected chi connectivity index (χ2v) is 1.46. The molecule has 0 amide bonds. The summed E-state index contributed by atoms with van der Waals surface area (Å²) in [5.41, 5.74) is 4.66. The molecule has 0 atom stereocenters.